The molecule has 0 aliphatic carbocycles. The molecule has 4 N–H and O–H groups in total. The van der Waals surface area contributed by atoms with Crippen LogP contribution < -0.4 is 21.6 Å². The third-order valence-corrected chi connectivity index (χ3v) is 5.90. The van der Waals surface area contributed by atoms with Crippen molar-refractivity contribution >= 4 is 40.1 Å². The van der Waals surface area contributed by atoms with Gasteiger partial charge in [0.1, 0.15) is 22.4 Å². The summed E-state index contributed by atoms with van der Waals surface area (Å²) in [5, 5.41) is 24.0. The summed E-state index contributed by atoms with van der Waals surface area (Å²) in [6, 6.07) is 0. The molecule has 0 atom stereocenters. The maximum absolute atomic E-state index is 12.4. The van der Waals surface area contributed by atoms with Crippen LogP contribution in [0.3, 0.4) is 0 Å². The third-order valence-electron chi connectivity index (χ3n) is 5.90. The largest absolute Gasteiger partial charge is 0.505 e. The van der Waals surface area contributed by atoms with Gasteiger partial charge < -0.3 is 30.0 Å². The standard InChI is InChI=1S/C14H15N3O5.C11H9N5O3.C2H6N2O/c1-7(2)13(19)22-10-8(14(20)21-4)12(18)17(3)11-9(10)15-5-6-16-11;1-5-14-10(19-15-5)6-8(17)7-9(13-4-3-12-7)16(2)11(6)18;1-2(3)4-5/h5-7H,1-4H3;3-4,17H,1-2H3;5H,1H3,(H2,3,4). The van der Waals surface area contributed by atoms with Gasteiger partial charge >= 0.3 is 11.9 Å². The van der Waals surface area contributed by atoms with Crippen LogP contribution in [0.15, 0.2) is 44.1 Å². The zero-order chi connectivity index (χ0) is 34.3. The average Bonchev–Trinajstić information content (AvgIpc) is 3.48. The molecule has 0 saturated heterocycles. The molecule has 0 aromatic carbocycles. The van der Waals surface area contributed by atoms with Crippen molar-refractivity contribution in [2.24, 2.45) is 30.9 Å². The fourth-order valence-corrected chi connectivity index (χ4v) is 3.63. The minimum atomic E-state index is -0.903. The van der Waals surface area contributed by atoms with Crippen LogP contribution >= 0.6 is 0 Å². The first kappa shape index (κ1) is 34.2. The Bertz CT molecular complexity index is 2060. The number of pyridine rings is 2. The maximum atomic E-state index is 12.4. The van der Waals surface area contributed by atoms with E-state index >= 15 is 0 Å². The second-order valence-electron chi connectivity index (χ2n) is 9.57. The van der Waals surface area contributed by atoms with E-state index in [-0.39, 0.29) is 56.7 Å². The van der Waals surface area contributed by atoms with Crippen molar-refractivity contribution in [3.05, 3.63) is 56.9 Å². The topological polar surface area (TPSA) is 266 Å². The van der Waals surface area contributed by atoms with E-state index in [1.165, 1.54) is 50.4 Å². The molecule has 0 fully saturated rings. The number of methoxy groups -OCH3 is 1. The molecule has 19 nitrogen and oxygen atoms in total. The molecular weight excluding hydrogens is 608 g/mol. The Morgan fingerprint density at radius 2 is 1.50 bits per heavy atom. The molecule has 0 saturated carbocycles. The summed E-state index contributed by atoms with van der Waals surface area (Å²) >= 11 is 0. The summed E-state index contributed by atoms with van der Waals surface area (Å²) in [5.41, 5.74) is 4.01. The summed E-state index contributed by atoms with van der Waals surface area (Å²) in [7, 11) is 4.11. The molecule has 0 aliphatic heterocycles. The molecule has 0 bridgehead atoms. The van der Waals surface area contributed by atoms with Gasteiger partial charge in [-0.2, -0.15) is 4.98 Å². The number of hydrogen-bond donors (Lipinski definition) is 3. The third kappa shape index (κ3) is 7.09. The van der Waals surface area contributed by atoms with E-state index in [1.807, 2.05) is 0 Å². The van der Waals surface area contributed by atoms with Gasteiger partial charge in [-0.3, -0.25) is 23.5 Å². The van der Waals surface area contributed by atoms with Gasteiger partial charge in [0.05, 0.1) is 13.0 Å². The van der Waals surface area contributed by atoms with Gasteiger partial charge in [0.25, 0.3) is 17.0 Å². The van der Waals surface area contributed by atoms with Crippen LogP contribution in [0.5, 0.6) is 11.5 Å². The molecule has 0 amide bonds. The van der Waals surface area contributed by atoms with E-state index < -0.39 is 29.0 Å². The number of aryl methyl sites for hydroxylation is 3. The van der Waals surface area contributed by atoms with Crippen LogP contribution in [-0.4, -0.2) is 74.4 Å². The number of carbonyl (C=O) groups excluding carboxylic acids is 2. The molecule has 0 aliphatic rings. The normalized spacial score (nSPS) is 11.0. The highest BCUT2D eigenvalue weighted by Crippen LogP contribution is 2.29. The Morgan fingerprint density at radius 1 is 0.978 bits per heavy atom. The van der Waals surface area contributed by atoms with E-state index in [2.05, 4.69) is 40.0 Å². The first-order valence-electron chi connectivity index (χ1n) is 13.2. The lowest BCUT2D eigenvalue weighted by Gasteiger charge is -2.13. The van der Waals surface area contributed by atoms with Gasteiger partial charge in [-0.05, 0) is 13.8 Å². The monoisotopic (exact) mass is 638 g/mol. The van der Waals surface area contributed by atoms with Crippen LogP contribution in [-0.2, 0) is 23.6 Å². The van der Waals surface area contributed by atoms with Crippen LogP contribution in [0.1, 0.15) is 37.0 Å². The number of nitrogens with two attached hydrogens (primary N) is 1. The molecule has 5 aromatic heterocycles. The Morgan fingerprint density at radius 3 is 2.00 bits per heavy atom. The lowest BCUT2D eigenvalue weighted by atomic mass is 10.2. The number of fused-ring (bicyclic) bond motifs is 2. The number of hydrogen-bond acceptors (Lipinski definition) is 16. The van der Waals surface area contributed by atoms with E-state index in [1.54, 1.807) is 20.8 Å². The SMILES string of the molecule is C/C(N)=N\O.COC(=O)c1c(OC(=O)C(C)C)c2nccnc2n(C)c1=O.Cc1noc(-c2c(O)c3nccnc3n(C)c2=O)n1. The van der Waals surface area contributed by atoms with E-state index in [0.717, 1.165) is 11.7 Å². The maximum Gasteiger partial charge on any atom is 0.347 e. The van der Waals surface area contributed by atoms with Gasteiger partial charge in [0.2, 0.25) is 0 Å². The number of oxime groups is 1. The number of amidine groups is 1. The van der Waals surface area contributed by atoms with Crippen molar-refractivity contribution in [3.63, 3.8) is 0 Å². The van der Waals surface area contributed by atoms with Gasteiger partial charge in [0.15, 0.2) is 34.2 Å². The summed E-state index contributed by atoms with van der Waals surface area (Å²) in [5.74, 6) is -1.96. The highest BCUT2D eigenvalue weighted by molar-refractivity contribution is 5.99. The van der Waals surface area contributed by atoms with E-state index in [0.29, 0.717) is 5.82 Å². The number of esters is 2. The number of aromatic nitrogens is 8. The highest BCUT2D eigenvalue weighted by Gasteiger charge is 2.27. The molecule has 0 unspecified atom stereocenters. The van der Waals surface area contributed by atoms with Crippen molar-refractivity contribution in [1.29, 1.82) is 0 Å². The van der Waals surface area contributed by atoms with E-state index in [9.17, 15) is 24.3 Å². The van der Waals surface area contributed by atoms with Crippen LogP contribution in [0.4, 0.5) is 0 Å². The molecular formula is C27H30N10O9. The molecule has 5 heterocycles. The fraction of sp³-hybridized carbons (Fsp3) is 0.296. The average molecular weight is 639 g/mol. The molecule has 5 aromatic rings. The number of ether oxygens (including phenoxy) is 2. The molecule has 0 spiro atoms. The summed E-state index contributed by atoms with van der Waals surface area (Å²) in [6.07, 6.45) is 5.64. The van der Waals surface area contributed by atoms with Crippen molar-refractivity contribution in [1.82, 2.24) is 39.2 Å². The fourth-order valence-electron chi connectivity index (χ4n) is 3.63. The Labute approximate surface area is 259 Å². The number of carbonyl (C=O) groups is 2. The highest BCUT2D eigenvalue weighted by atomic mass is 16.5. The number of rotatable bonds is 4. The Kier molecular flexibility index (Phi) is 10.8. The summed E-state index contributed by atoms with van der Waals surface area (Å²) < 4.78 is 17.2. The van der Waals surface area contributed by atoms with Gasteiger partial charge in [-0.1, -0.05) is 24.2 Å². The van der Waals surface area contributed by atoms with Crippen LogP contribution in [0.25, 0.3) is 33.8 Å². The Balaban J connectivity index is 0.000000220. The second-order valence-corrected chi connectivity index (χ2v) is 9.57. The minimum Gasteiger partial charge on any atom is -0.505 e. The number of aromatic hydroxyl groups is 1. The van der Waals surface area contributed by atoms with Crippen molar-refractivity contribution in [3.8, 4) is 23.0 Å². The minimum absolute atomic E-state index is 0.0387. The predicted octanol–water partition coefficient (Wildman–Crippen LogP) is 0.822. The Hall–Kier alpha value is -6.27. The van der Waals surface area contributed by atoms with Crippen molar-refractivity contribution in [2.75, 3.05) is 7.11 Å². The zero-order valence-electron chi connectivity index (χ0n) is 25.7. The molecule has 5 rings (SSSR count). The molecule has 19 heteroatoms. The number of nitrogens with zero attached hydrogens (tertiary/aromatic N) is 9. The van der Waals surface area contributed by atoms with Gasteiger partial charge in [0, 0.05) is 38.9 Å². The van der Waals surface area contributed by atoms with Gasteiger partial charge in [-0.25, -0.2) is 24.7 Å². The van der Waals surface area contributed by atoms with Crippen LogP contribution in [0.2, 0.25) is 0 Å². The quantitative estimate of drug-likeness (QED) is 0.0808. The smallest absolute Gasteiger partial charge is 0.347 e. The molecule has 242 valence electrons. The van der Waals surface area contributed by atoms with Crippen molar-refractivity contribution < 1.29 is 33.9 Å². The van der Waals surface area contributed by atoms with E-state index in [4.69, 9.17) is 20.2 Å². The molecule has 0 radical (unpaired) electrons. The lowest BCUT2D eigenvalue weighted by Crippen LogP contribution is -2.29. The first-order chi connectivity index (χ1) is 21.7. The molecule has 46 heavy (non-hydrogen) atoms. The predicted molar refractivity (Wildman–Crippen MR) is 160 cm³/mol. The van der Waals surface area contributed by atoms with Crippen LogP contribution in [0, 0.1) is 12.8 Å². The lowest BCUT2D eigenvalue weighted by molar-refractivity contribution is -0.137. The zero-order valence-corrected chi connectivity index (χ0v) is 25.7. The van der Waals surface area contributed by atoms with Crippen molar-refractivity contribution in [2.45, 2.75) is 27.7 Å². The summed E-state index contributed by atoms with van der Waals surface area (Å²) in [6.45, 7) is 6.39. The first-order valence-corrected chi connectivity index (χ1v) is 13.2. The second kappa shape index (κ2) is 14.5. The summed E-state index contributed by atoms with van der Waals surface area (Å²) in [4.78, 5) is 68.5. The van der Waals surface area contributed by atoms with Gasteiger partial charge in [-0.15, -0.1) is 0 Å².